The number of halogens is 3. The average Bonchev–Trinajstić information content (AvgIpc) is 2.30. The number of aryl methyl sites for hydroxylation is 1. The zero-order chi connectivity index (χ0) is 15.5. The van der Waals surface area contributed by atoms with E-state index >= 15 is 0 Å². The third-order valence-electron chi connectivity index (χ3n) is 2.21. The molecule has 0 atom stereocenters. The van der Waals surface area contributed by atoms with Crippen LogP contribution in [-0.4, -0.2) is 29.3 Å². The fraction of sp³-hybridized carbons (Fsp3) is 0.400. The first-order chi connectivity index (χ1) is 9.14. The molecular weight excluding hydrogens is 285 g/mol. The molecule has 1 heterocycles. The maximum atomic E-state index is 12.2. The van der Waals surface area contributed by atoms with Crippen molar-refractivity contribution >= 4 is 11.7 Å². The van der Waals surface area contributed by atoms with Crippen molar-refractivity contribution in [2.45, 2.75) is 19.7 Å². The van der Waals surface area contributed by atoms with Crippen molar-refractivity contribution in [2.24, 2.45) is 0 Å². The number of methoxy groups -OCH3 is 1. The minimum absolute atomic E-state index is 0.0956. The molecule has 20 heavy (non-hydrogen) atoms. The first kappa shape index (κ1) is 15.7. The number of hydrogen-bond acceptors (Lipinski definition) is 6. The number of rotatable bonds is 4. The van der Waals surface area contributed by atoms with Gasteiger partial charge in [0.2, 0.25) is 0 Å². The summed E-state index contributed by atoms with van der Waals surface area (Å²) in [4.78, 5) is 24.1. The van der Waals surface area contributed by atoms with Gasteiger partial charge in [-0.2, -0.15) is 0 Å². The lowest BCUT2D eigenvalue weighted by molar-refractivity contribution is -0.389. The summed E-state index contributed by atoms with van der Waals surface area (Å²) < 4.78 is 44.4. The highest BCUT2D eigenvalue weighted by Gasteiger charge is 2.36. The van der Waals surface area contributed by atoms with Crippen LogP contribution in [0, 0.1) is 17.0 Å². The quantitative estimate of drug-likeness (QED) is 0.478. The molecule has 0 spiro atoms. The van der Waals surface area contributed by atoms with E-state index in [-0.39, 0.29) is 11.3 Å². The van der Waals surface area contributed by atoms with Gasteiger partial charge >= 0.3 is 23.9 Å². The Morgan fingerprint density at radius 1 is 1.50 bits per heavy atom. The van der Waals surface area contributed by atoms with E-state index in [2.05, 4.69) is 14.5 Å². The van der Waals surface area contributed by atoms with Crippen LogP contribution >= 0.6 is 0 Å². The number of hydrogen-bond donors (Lipinski definition) is 0. The van der Waals surface area contributed by atoms with Crippen LogP contribution in [-0.2, 0) is 16.0 Å². The summed E-state index contributed by atoms with van der Waals surface area (Å²) >= 11 is 0. The van der Waals surface area contributed by atoms with Crippen molar-refractivity contribution in [2.75, 3.05) is 7.11 Å². The van der Waals surface area contributed by atoms with Gasteiger partial charge in [0, 0.05) is 6.07 Å². The van der Waals surface area contributed by atoms with Crippen molar-refractivity contribution in [3.05, 3.63) is 27.4 Å². The Morgan fingerprint density at radius 3 is 2.55 bits per heavy atom. The maximum Gasteiger partial charge on any atom is 0.574 e. The van der Waals surface area contributed by atoms with E-state index in [1.54, 1.807) is 0 Å². The van der Waals surface area contributed by atoms with E-state index in [1.807, 2.05) is 0 Å². The lowest BCUT2D eigenvalue weighted by atomic mass is 10.1. The summed E-state index contributed by atoms with van der Waals surface area (Å²) in [5.74, 6) is -1.96. The number of ether oxygens (including phenoxy) is 2. The molecule has 0 aliphatic carbocycles. The van der Waals surface area contributed by atoms with Gasteiger partial charge in [0.15, 0.2) is 0 Å². The molecule has 0 bridgehead atoms. The van der Waals surface area contributed by atoms with Crippen molar-refractivity contribution in [3.8, 4) is 5.88 Å². The SMILES string of the molecule is COC(=O)Cc1nc(OC(F)(F)F)c([N+](=O)[O-])cc1C. The molecular formula is C10H9F3N2O5. The number of carbonyl (C=O) groups is 1. The van der Waals surface area contributed by atoms with Gasteiger partial charge < -0.3 is 9.47 Å². The highest BCUT2D eigenvalue weighted by Crippen LogP contribution is 2.31. The van der Waals surface area contributed by atoms with Crippen LogP contribution in [0.5, 0.6) is 5.88 Å². The number of nitro groups is 1. The van der Waals surface area contributed by atoms with E-state index in [0.29, 0.717) is 0 Å². The van der Waals surface area contributed by atoms with Gasteiger partial charge in [0.1, 0.15) is 0 Å². The number of carbonyl (C=O) groups excluding carboxylic acids is 1. The van der Waals surface area contributed by atoms with Gasteiger partial charge in [-0.25, -0.2) is 4.98 Å². The normalized spacial score (nSPS) is 11.1. The van der Waals surface area contributed by atoms with Gasteiger partial charge in [0.25, 0.3) is 0 Å². The van der Waals surface area contributed by atoms with Crippen LogP contribution in [0.2, 0.25) is 0 Å². The molecule has 10 heteroatoms. The lowest BCUT2D eigenvalue weighted by Crippen LogP contribution is -2.20. The van der Waals surface area contributed by atoms with Crippen molar-refractivity contribution in [1.82, 2.24) is 4.98 Å². The minimum Gasteiger partial charge on any atom is -0.469 e. The standard InChI is InChI=1S/C10H9F3N2O5/c1-5-3-7(15(17)18)9(20-10(11,12)13)14-6(5)4-8(16)19-2/h3H,4H2,1-2H3. The van der Waals surface area contributed by atoms with Crippen LogP contribution in [0.4, 0.5) is 18.9 Å². The molecule has 0 saturated carbocycles. The molecule has 0 radical (unpaired) electrons. The molecule has 0 N–H and O–H groups in total. The molecule has 1 rings (SSSR count). The van der Waals surface area contributed by atoms with Crippen LogP contribution in [0.3, 0.4) is 0 Å². The predicted molar refractivity (Wildman–Crippen MR) is 58.0 cm³/mol. The van der Waals surface area contributed by atoms with E-state index in [0.717, 1.165) is 13.2 Å². The van der Waals surface area contributed by atoms with Gasteiger partial charge in [-0.15, -0.1) is 13.2 Å². The third-order valence-corrected chi connectivity index (χ3v) is 2.21. The van der Waals surface area contributed by atoms with Gasteiger partial charge in [-0.05, 0) is 12.5 Å². The summed E-state index contributed by atoms with van der Waals surface area (Å²) in [5, 5.41) is 10.7. The molecule has 0 aliphatic rings. The fourth-order valence-electron chi connectivity index (χ4n) is 1.32. The molecule has 0 unspecified atom stereocenters. The number of alkyl halides is 3. The Balaban J connectivity index is 3.27. The molecule has 0 fully saturated rings. The molecule has 0 aliphatic heterocycles. The molecule has 1 aromatic rings. The summed E-state index contributed by atoms with van der Waals surface area (Å²) in [7, 11) is 1.09. The van der Waals surface area contributed by atoms with E-state index in [4.69, 9.17) is 0 Å². The van der Waals surface area contributed by atoms with Crippen LogP contribution < -0.4 is 4.74 Å². The second kappa shape index (κ2) is 5.72. The summed E-state index contributed by atoms with van der Waals surface area (Å²) in [6, 6.07) is 0.854. The molecule has 0 amide bonds. The lowest BCUT2D eigenvalue weighted by Gasteiger charge is -2.11. The van der Waals surface area contributed by atoms with Gasteiger partial charge in [-0.1, -0.05) is 0 Å². The number of pyridine rings is 1. The Bertz CT molecular complexity index is 544. The zero-order valence-corrected chi connectivity index (χ0v) is 10.4. The second-order valence-electron chi connectivity index (χ2n) is 3.63. The number of aromatic nitrogens is 1. The summed E-state index contributed by atoms with van der Waals surface area (Å²) in [6.45, 7) is 1.37. The van der Waals surface area contributed by atoms with Crippen LogP contribution in [0.25, 0.3) is 0 Å². The molecule has 110 valence electrons. The first-order valence-electron chi connectivity index (χ1n) is 5.11. The summed E-state index contributed by atoms with van der Waals surface area (Å²) in [5.41, 5.74) is -0.855. The fourth-order valence-corrected chi connectivity index (χ4v) is 1.32. The van der Waals surface area contributed by atoms with E-state index in [9.17, 15) is 28.1 Å². The molecule has 7 nitrogen and oxygen atoms in total. The molecule has 0 saturated heterocycles. The summed E-state index contributed by atoms with van der Waals surface area (Å²) in [6.07, 6.45) is -5.55. The van der Waals surface area contributed by atoms with Crippen molar-refractivity contribution < 1.29 is 32.4 Å². The van der Waals surface area contributed by atoms with Crippen LogP contribution in [0.1, 0.15) is 11.3 Å². The predicted octanol–water partition coefficient (Wildman–Crippen LogP) is 1.91. The zero-order valence-electron chi connectivity index (χ0n) is 10.4. The topological polar surface area (TPSA) is 91.6 Å². The third kappa shape index (κ3) is 4.07. The van der Waals surface area contributed by atoms with Crippen molar-refractivity contribution in [1.29, 1.82) is 0 Å². The highest BCUT2D eigenvalue weighted by atomic mass is 19.4. The Kier molecular flexibility index (Phi) is 4.48. The number of esters is 1. The smallest absolute Gasteiger partial charge is 0.469 e. The van der Waals surface area contributed by atoms with E-state index < -0.39 is 35.2 Å². The average molecular weight is 294 g/mol. The van der Waals surface area contributed by atoms with Crippen LogP contribution in [0.15, 0.2) is 6.07 Å². The molecule has 1 aromatic heterocycles. The minimum atomic E-state index is -5.13. The Hall–Kier alpha value is -2.39. The number of nitrogens with zero attached hydrogens (tertiary/aromatic N) is 2. The Morgan fingerprint density at radius 2 is 2.10 bits per heavy atom. The first-order valence-corrected chi connectivity index (χ1v) is 5.11. The van der Waals surface area contributed by atoms with Crippen molar-refractivity contribution in [3.63, 3.8) is 0 Å². The van der Waals surface area contributed by atoms with Gasteiger partial charge in [0.05, 0.1) is 24.1 Å². The highest BCUT2D eigenvalue weighted by molar-refractivity contribution is 5.72. The second-order valence-corrected chi connectivity index (χ2v) is 3.63. The molecule has 0 aromatic carbocycles. The van der Waals surface area contributed by atoms with E-state index in [1.165, 1.54) is 6.92 Å². The maximum absolute atomic E-state index is 12.2. The largest absolute Gasteiger partial charge is 0.574 e. The monoisotopic (exact) mass is 294 g/mol. The van der Waals surface area contributed by atoms with Gasteiger partial charge in [-0.3, -0.25) is 14.9 Å². The Labute approximate surface area is 110 Å².